The fourth-order valence-corrected chi connectivity index (χ4v) is 1.81. The topological polar surface area (TPSA) is 57.6 Å². The number of carboxylic acid groups (broad SMARTS) is 1. The molecule has 104 valence electrons. The van der Waals surface area contributed by atoms with Gasteiger partial charge in [-0.3, -0.25) is 9.59 Å². The summed E-state index contributed by atoms with van der Waals surface area (Å²) < 4.78 is 0. The highest BCUT2D eigenvalue weighted by Crippen LogP contribution is 2.09. The number of aryl methyl sites for hydroxylation is 1. The number of carboxylic acids is 1. The smallest absolute Gasteiger partial charge is 0.305 e. The molecule has 0 heterocycles. The average molecular weight is 263 g/mol. The number of amides is 1. The van der Waals surface area contributed by atoms with Crippen LogP contribution in [0.3, 0.4) is 0 Å². The van der Waals surface area contributed by atoms with Gasteiger partial charge in [-0.15, -0.1) is 0 Å². The van der Waals surface area contributed by atoms with Crippen molar-refractivity contribution in [2.75, 3.05) is 6.54 Å². The van der Waals surface area contributed by atoms with Gasteiger partial charge >= 0.3 is 5.97 Å². The first-order valence-corrected chi connectivity index (χ1v) is 6.58. The quantitative estimate of drug-likeness (QED) is 0.822. The molecule has 1 N–H and O–H groups in total. The van der Waals surface area contributed by atoms with Gasteiger partial charge in [-0.1, -0.05) is 36.8 Å². The highest BCUT2D eigenvalue weighted by atomic mass is 16.4. The normalized spacial score (nSPS) is 10.2. The van der Waals surface area contributed by atoms with Crippen LogP contribution in [0.25, 0.3) is 0 Å². The maximum atomic E-state index is 12.0. The lowest BCUT2D eigenvalue weighted by Gasteiger charge is -2.22. The summed E-state index contributed by atoms with van der Waals surface area (Å²) in [6.45, 7) is 4.70. The summed E-state index contributed by atoms with van der Waals surface area (Å²) in [5.74, 6) is -0.859. The van der Waals surface area contributed by atoms with E-state index in [2.05, 4.69) is 0 Å². The summed E-state index contributed by atoms with van der Waals surface area (Å²) in [5, 5.41) is 8.74. The first-order valence-electron chi connectivity index (χ1n) is 6.58. The van der Waals surface area contributed by atoms with Gasteiger partial charge in [-0.25, -0.2) is 0 Å². The van der Waals surface area contributed by atoms with Gasteiger partial charge in [0.1, 0.15) is 0 Å². The molecule has 0 fully saturated rings. The van der Waals surface area contributed by atoms with Gasteiger partial charge in [-0.2, -0.15) is 0 Å². The number of carbonyl (C=O) groups excluding carboxylic acids is 1. The van der Waals surface area contributed by atoms with Gasteiger partial charge in [0.2, 0.25) is 5.91 Å². The van der Waals surface area contributed by atoms with Crippen molar-refractivity contribution in [1.82, 2.24) is 4.90 Å². The molecule has 0 aromatic heterocycles. The van der Waals surface area contributed by atoms with Crippen molar-refractivity contribution in [3.8, 4) is 0 Å². The molecular weight excluding hydrogens is 242 g/mol. The van der Waals surface area contributed by atoms with E-state index >= 15 is 0 Å². The second-order valence-corrected chi connectivity index (χ2v) is 4.69. The third kappa shape index (κ3) is 5.55. The maximum absolute atomic E-state index is 12.0. The predicted octanol–water partition coefficient (Wildman–Crippen LogP) is 2.60. The Morgan fingerprint density at radius 2 is 1.79 bits per heavy atom. The first-order chi connectivity index (χ1) is 9.02. The number of nitrogens with zero attached hydrogens (tertiary/aromatic N) is 1. The van der Waals surface area contributed by atoms with E-state index in [0.29, 0.717) is 13.0 Å². The van der Waals surface area contributed by atoms with E-state index in [1.54, 1.807) is 4.90 Å². The van der Waals surface area contributed by atoms with Crippen LogP contribution >= 0.6 is 0 Å². The number of benzene rings is 1. The second-order valence-electron chi connectivity index (χ2n) is 4.69. The van der Waals surface area contributed by atoms with E-state index in [1.165, 1.54) is 5.56 Å². The Morgan fingerprint density at radius 1 is 1.16 bits per heavy atom. The molecule has 0 spiro atoms. The minimum absolute atomic E-state index is 0.0126. The van der Waals surface area contributed by atoms with Crippen molar-refractivity contribution in [3.63, 3.8) is 0 Å². The molecule has 0 saturated heterocycles. The fourth-order valence-electron chi connectivity index (χ4n) is 1.81. The highest BCUT2D eigenvalue weighted by molar-refractivity contribution is 5.77. The summed E-state index contributed by atoms with van der Waals surface area (Å²) in [6.07, 6.45) is 1.23. The van der Waals surface area contributed by atoms with E-state index in [0.717, 1.165) is 12.0 Å². The molecule has 0 unspecified atom stereocenters. The monoisotopic (exact) mass is 263 g/mol. The van der Waals surface area contributed by atoms with Crippen LogP contribution in [-0.4, -0.2) is 28.4 Å². The zero-order chi connectivity index (χ0) is 14.3. The summed E-state index contributed by atoms with van der Waals surface area (Å²) in [7, 11) is 0. The van der Waals surface area contributed by atoms with Crippen LogP contribution < -0.4 is 0 Å². The zero-order valence-corrected chi connectivity index (χ0v) is 11.6. The number of hydrogen-bond donors (Lipinski definition) is 1. The minimum Gasteiger partial charge on any atom is -0.481 e. The molecule has 1 aromatic rings. The Kier molecular flexibility index (Phi) is 6.06. The molecule has 0 aliphatic heterocycles. The number of carbonyl (C=O) groups is 2. The van der Waals surface area contributed by atoms with Crippen molar-refractivity contribution >= 4 is 11.9 Å². The Bertz CT molecular complexity index is 426. The van der Waals surface area contributed by atoms with Crippen molar-refractivity contribution in [3.05, 3.63) is 35.4 Å². The molecule has 4 heteroatoms. The third-order valence-electron chi connectivity index (χ3n) is 2.91. The molecule has 0 radical (unpaired) electrons. The molecule has 0 atom stereocenters. The molecule has 1 aromatic carbocycles. The van der Waals surface area contributed by atoms with E-state index in [1.807, 2.05) is 38.1 Å². The molecule has 0 aliphatic rings. The molecule has 0 saturated carbocycles. The number of rotatable bonds is 7. The number of aliphatic carboxylic acids is 1. The molecule has 0 aliphatic carbocycles. The van der Waals surface area contributed by atoms with Gasteiger partial charge in [0, 0.05) is 19.5 Å². The van der Waals surface area contributed by atoms with E-state index in [9.17, 15) is 9.59 Å². The maximum Gasteiger partial charge on any atom is 0.305 e. The lowest BCUT2D eigenvalue weighted by molar-refractivity contribution is -0.138. The Hall–Kier alpha value is -1.84. The highest BCUT2D eigenvalue weighted by Gasteiger charge is 2.14. The van der Waals surface area contributed by atoms with Crippen LogP contribution in [-0.2, 0) is 16.1 Å². The Morgan fingerprint density at radius 3 is 2.32 bits per heavy atom. The third-order valence-corrected chi connectivity index (χ3v) is 2.91. The molecule has 0 bridgehead atoms. The van der Waals surface area contributed by atoms with Gasteiger partial charge in [0.15, 0.2) is 0 Å². The molecule has 1 rings (SSSR count). The van der Waals surface area contributed by atoms with Gasteiger partial charge in [0.25, 0.3) is 0 Å². The SMILES string of the molecule is CCCC(=O)N(CCC(=O)O)Cc1ccc(C)cc1. The van der Waals surface area contributed by atoms with Crippen LogP contribution in [0.2, 0.25) is 0 Å². The fraction of sp³-hybridized carbons (Fsp3) is 0.467. The molecule has 4 nitrogen and oxygen atoms in total. The van der Waals surface area contributed by atoms with E-state index in [-0.39, 0.29) is 18.9 Å². The Balaban J connectivity index is 2.69. The van der Waals surface area contributed by atoms with Gasteiger partial charge in [-0.05, 0) is 18.9 Å². The van der Waals surface area contributed by atoms with Gasteiger partial charge in [0.05, 0.1) is 6.42 Å². The van der Waals surface area contributed by atoms with Crippen LogP contribution in [0.5, 0.6) is 0 Å². The van der Waals surface area contributed by atoms with Crippen molar-refractivity contribution in [2.24, 2.45) is 0 Å². The van der Waals surface area contributed by atoms with Crippen LogP contribution in [0, 0.1) is 6.92 Å². The van der Waals surface area contributed by atoms with Crippen molar-refractivity contribution < 1.29 is 14.7 Å². The first kappa shape index (κ1) is 15.2. The van der Waals surface area contributed by atoms with Crippen LogP contribution in [0.4, 0.5) is 0 Å². The molecule has 1 amide bonds. The van der Waals surface area contributed by atoms with Crippen LogP contribution in [0.15, 0.2) is 24.3 Å². The summed E-state index contributed by atoms with van der Waals surface area (Å²) >= 11 is 0. The lowest BCUT2D eigenvalue weighted by atomic mass is 10.1. The number of hydrogen-bond acceptors (Lipinski definition) is 2. The summed E-state index contributed by atoms with van der Waals surface area (Å²) in [4.78, 5) is 24.2. The zero-order valence-electron chi connectivity index (χ0n) is 11.6. The summed E-state index contributed by atoms with van der Waals surface area (Å²) in [5.41, 5.74) is 2.20. The van der Waals surface area contributed by atoms with Crippen LogP contribution in [0.1, 0.15) is 37.3 Å². The Labute approximate surface area is 114 Å². The lowest BCUT2D eigenvalue weighted by Crippen LogP contribution is -2.32. The standard InChI is InChI=1S/C15H21NO3/c1-3-4-14(17)16(10-9-15(18)19)11-13-7-5-12(2)6-8-13/h5-8H,3-4,9-11H2,1-2H3,(H,18,19). The van der Waals surface area contributed by atoms with Crippen molar-refractivity contribution in [1.29, 1.82) is 0 Å². The van der Waals surface area contributed by atoms with Gasteiger partial charge < -0.3 is 10.0 Å². The average Bonchev–Trinajstić information content (AvgIpc) is 2.36. The molecular formula is C15H21NO3. The predicted molar refractivity (Wildman–Crippen MR) is 73.8 cm³/mol. The second kappa shape index (κ2) is 7.56. The molecule has 19 heavy (non-hydrogen) atoms. The largest absolute Gasteiger partial charge is 0.481 e. The minimum atomic E-state index is -0.877. The van der Waals surface area contributed by atoms with E-state index < -0.39 is 5.97 Å². The van der Waals surface area contributed by atoms with E-state index in [4.69, 9.17) is 5.11 Å². The van der Waals surface area contributed by atoms with Crippen molar-refractivity contribution in [2.45, 2.75) is 39.7 Å². The summed E-state index contributed by atoms with van der Waals surface area (Å²) in [6, 6.07) is 7.94.